The molecule has 0 aromatic heterocycles. The summed E-state index contributed by atoms with van der Waals surface area (Å²) in [6.45, 7) is 0. The number of carbonyl (C=O) groups is 1. The molecule has 0 saturated heterocycles. The fourth-order valence-electron chi connectivity index (χ4n) is 1.24. The quantitative estimate of drug-likeness (QED) is 0.680. The van der Waals surface area contributed by atoms with E-state index in [0.717, 1.165) is 4.90 Å². The van der Waals surface area contributed by atoms with Gasteiger partial charge in [0.05, 0.1) is 4.83 Å². The smallest absolute Gasteiger partial charge is 0.208 e. The number of benzene rings is 1. The van der Waals surface area contributed by atoms with Gasteiger partial charge in [0.15, 0.2) is 0 Å². The minimum Gasteiger partial charge on any atom is -0.285 e. The molecule has 0 spiro atoms. The lowest BCUT2D eigenvalue weighted by Gasteiger charge is -2.23. The Morgan fingerprint density at radius 2 is 1.85 bits per heavy atom. The van der Waals surface area contributed by atoms with Gasteiger partial charge < -0.3 is 0 Å². The van der Waals surface area contributed by atoms with E-state index in [9.17, 15) is 4.79 Å². The van der Waals surface area contributed by atoms with Crippen molar-refractivity contribution in [2.45, 2.75) is 14.5 Å². The van der Waals surface area contributed by atoms with E-state index in [1.54, 1.807) is 0 Å². The monoisotopic (exact) mass is 320 g/mol. The molecule has 2 rings (SSSR count). The fraction of sp³-hybridized carbons (Fsp3) is 0.222. The first kappa shape index (κ1) is 9.74. The lowest BCUT2D eigenvalue weighted by molar-refractivity contribution is -0.110. The normalized spacial score (nSPS) is 27.1. The maximum atomic E-state index is 11.5. The number of thioether (sulfide) groups is 1. The van der Waals surface area contributed by atoms with Gasteiger partial charge in [0.25, 0.3) is 0 Å². The Labute approximate surface area is 97.5 Å². The van der Waals surface area contributed by atoms with Gasteiger partial charge in [0, 0.05) is 4.90 Å². The number of fused-ring (bicyclic) bond motifs is 1. The van der Waals surface area contributed by atoms with Crippen LogP contribution >= 0.6 is 43.6 Å². The number of alkyl halides is 2. The topological polar surface area (TPSA) is 17.1 Å². The first-order chi connectivity index (χ1) is 6.20. The molecule has 1 aliphatic rings. The zero-order valence-electron chi connectivity index (χ0n) is 6.54. The summed E-state index contributed by atoms with van der Waals surface area (Å²) in [7, 11) is 0. The number of rotatable bonds is 0. The molecule has 1 aromatic rings. The summed E-state index contributed by atoms with van der Waals surface area (Å²) >= 11 is 8.19. The minimum absolute atomic E-state index is 0.0949. The van der Waals surface area contributed by atoms with Crippen molar-refractivity contribution in [3.8, 4) is 0 Å². The molecule has 0 aliphatic carbocycles. The minimum atomic E-state index is -0.118. The maximum Gasteiger partial charge on any atom is 0.208 e. The summed E-state index contributed by atoms with van der Waals surface area (Å²) in [6.07, 6.45) is 0. The molecule has 0 N–H and O–H groups in total. The number of carbonyl (C=O) groups excluding carboxylic acids is 1. The standard InChI is InChI=1S/C9H6Br2OS/c10-7-5-3-1-2-4-6(5)13-9(12)8(7)11/h1-4,7-8H. The van der Waals surface area contributed by atoms with E-state index in [0.29, 0.717) is 0 Å². The highest BCUT2D eigenvalue weighted by Crippen LogP contribution is 2.44. The molecule has 13 heavy (non-hydrogen) atoms. The van der Waals surface area contributed by atoms with Crippen LogP contribution in [0.4, 0.5) is 0 Å². The Hall–Kier alpha value is 0.200. The second kappa shape index (κ2) is 3.75. The van der Waals surface area contributed by atoms with Crippen molar-refractivity contribution >= 4 is 48.7 Å². The molecule has 1 aliphatic heterocycles. The van der Waals surface area contributed by atoms with Crippen LogP contribution in [0.3, 0.4) is 0 Å². The molecule has 0 bridgehead atoms. The van der Waals surface area contributed by atoms with Gasteiger partial charge in [-0.25, -0.2) is 0 Å². The van der Waals surface area contributed by atoms with E-state index in [4.69, 9.17) is 0 Å². The van der Waals surface area contributed by atoms with Crippen molar-refractivity contribution in [2.24, 2.45) is 0 Å². The number of hydrogen-bond donors (Lipinski definition) is 0. The first-order valence-corrected chi connectivity index (χ1v) is 6.43. The molecule has 1 nitrogen and oxygen atoms in total. The molecule has 2 atom stereocenters. The van der Waals surface area contributed by atoms with Crippen molar-refractivity contribution in [3.05, 3.63) is 29.8 Å². The van der Waals surface area contributed by atoms with Crippen molar-refractivity contribution < 1.29 is 4.79 Å². The third-order valence-corrected chi connectivity index (χ3v) is 5.93. The van der Waals surface area contributed by atoms with E-state index in [-0.39, 0.29) is 14.8 Å². The van der Waals surface area contributed by atoms with E-state index < -0.39 is 0 Å². The van der Waals surface area contributed by atoms with Gasteiger partial charge in [-0.05, 0) is 11.6 Å². The van der Waals surface area contributed by atoms with E-state index in [1.165, 1.54) is 17.3 Å². The summed E-state index contributed by atoms with van der Waals surface area (Å²) < 4.78 is 0. The molecule has 0 radical (unpaired) electrons. The van der Waals surface area contributed by atoms with Gasteiger partial charge in [-0.3, -0.25) is 4.79 Å². The zero-order chi connectivity index (χ0) is 9.42. The van der Waals surface area contributed by atoms with Gasteiger partial charge in [-0.2, -0.15) is 0 Å². The largest absolute Gasteiger partial charge is 0.285 e. The van der Waals surface area contributed by atoms with Crippen LogP contribution in [0.5, 0.6) is 0 Å². The maximum absolute atomic E-state index is 11.5. The van der Waals surface area contributed by atoms with Gasteiger partial charge in [0.2, 0.25) is 5.12 Å². The average molecular weight is 322 g/mol. The highest BCUT2D eigenvalue weighted by atomic mass is 79.9. The van der Waals surface area contributed by atoms with Crippen LogP contribution in [-0.2, 0) is 4.79 Å². The molecular formula is C9H6Br2OS. The van der Waals surface area contributed by atoms with Crippen LogP contribution in [0.25, 0.3) is 0 Å². The summed E-state index contributed by atoms with van der Waals surface area (Å²) in [5.74, 6) is 0. The Morgan fingerprint density at radius 3 is 2.62 bits per heavy atom. The SMILES string of the molecule is O=C1Sc2ccccc2C(Br)C1Br. The molecule has 68 valence electrons. The lowest BCUT2D eigenvalue weighted by Crippen LogP contribution is -2.20. The predicted octanol–water partition coefficient (Wildman–Crippen LogP) is 3.52. The first-order valence-electron chi connectivity index (χ1n) is 3.79. The van der Waals surface area contributed by atoms with Gasteiger partial charge in [0.1, 0.15) is 4.83 Å². The fourth-order valence-corrected chi connectivity index (χ4v) is 3.70. The van der Waals surface area contributed by atoms with Gasteiger partial charge in [-0.1, -0.05) is 61.8 Å². The predicted molar refractivity (Wildman–Crippen MR) is 61.7 cm³/mol. The van der Waals surface area contributed by atoms with Crippen LogP contribution in [0.1, 0.15) is 10.4 Å². The van der Waals surface area contributed by atoms with Crippen LogP contribution in [0.2, 0.25) is 0 Å². The second-order valence-electron chi connectivity index (χ2n) is 2.76. The molecule has 1 heterocycles. The third kappa shape index (κ3) is 1.72. The Morgan fingerprint density at radius 1 is 1.15 bits per heavy atom. The van der Waals surface area contributed by atoms with E-state index in [1.807, 2.05) is 24.3 Å². The van der Waals surface area contributed by atoms with Gasteiger partial charge in [-0.15, -0.1) is 0 Å². The molecular weight excluding hydrogens is 316 g/mol. The Bertz CT molecular complexity index is 353. The van der Waals surface area contributed by atoms with Crippen LogP contribution < -0.4 is 0 Å². The zero-order valence-corrected chi connectivity index (χ0v) is 10.5. The van der Waals surface area contributed by atoms with Gasteiger partial charge >= 0.3 is 0 Å². The second-order valence-corrected chi connectivity index (χ2v) is 5.78. The average Bonchev–Trinajstić information content (AvgIpc) is 2.15. The van der Waals surface area contributed by atoms with Crippen molar-refractivity contribution in [3.63, 3.8) is 0 Å². The van der Waals surface area contributed by atoms with Crippen molar-refractivity contribution in [1.29, 1.82) is 0 Å². The highest BCUT2D eigenvalue weighted by molar-refractivity contribution is 9.12. The van der Waals surface area contributed by atoms with Crippen molar-refractivity contribution in [2.75, 3.05) is 0 Å². The van der Waals surface area contributed by atoms with Crippen LogP contribution in [-0.4, -0.2) is 9.94 Å². The van der Waals surface area contributed by atoms with E-state index in [2.05, 4.69) is 31.9 Å². The molecule has 0 saturated carbocycles. The van der Waals surface area contributed by atoms with E-state index >= 15 is 0 Å². The van der Waals surface area contributed by atoms with Crippen LogP contribution in [0, 0.1) is 0 Å². The highest BCUT2D eigenvalue weighted by Gasteiger charge is 2.32. The summed E-state index contributed by atoms with van der Waals surface area (Å²) in [4.78, 5) is 12.5. The summed E-state index contributed by atoms with van der Waals surface area (Å²) in [5, 5.41) is 0.167. The summed E-state index contributed by atoms with van der Waals surface area (Å²) in [6, 6.07) is 7.96. The molecule has 0 amide bonds. The Kier molecular flexibility index (Phi) is 2.81. The summed E-state index contributed by atoms with van der Waals surface area (Å²) in [5.41, 5.74) is 1.19. The molecule has 0 fully saturated rings. The lowest BCUT2D eigenvalue weighted by atomic mass is 10.1. The van der Waals surface area contributed by atoms with Crippen molar-refractivity contribution in [1.82, 2.24) is 0 Å². The number of halogens is 2. The Balaban J connectivity index is 2.49. The third-order valence-electron chi connectivity index (χ3n) is 1.91. The molecule has 4 heteroatoms. The molecule has 1 aromatic carbocycles. The molecule has 2 unspecified atom stereocenters. The van der Waals surface area contributed by atoms with Crippen LogP contribution in [0.15, 0.2) is 29.2 Å². The number of hydrogen-bond acceptors (Lipinski definition) is 2.